The van der Waals surface area contributed by atoms with Crippen molar-refractivity contribution in [3.05, 3.63) is 71.4 Å². The number of pyridine rings is 1. The minimum Gasteiger partial charge on any atom is -0.763 e. The zero-order valence-corrected chi connectivity index (χ0v) is 15.4. The Morgan fingerprint density at radius 1 is 1.07 bits per heavy atom. The minimum atomic E-state index is -0.727. The lowest BCUT2D eigenvalue weighted by molar-refractivity contribution is -0.711. The molecule has 2 aliphatic rings. The molecule has 2 atom stereocenters. The SMILES string of the molecule is [N-]=C=C1C(=O)NC(=O)[C@H]([n+]2ccccc2)[C@H]1c1cccc(OC2CCCC2)c1. The average Bonchev–Trinajstić information content (AvgIpc) is 3.21. The lowest BCUT2D eigenvalue weighted by Crippen LogP contribution is -2.57. The third-order valence-electron chi connectivity index (χ3n) is 5.38. The van der Waals surface area contributed by atoms with Gasteiger partial charge in [-0.05, 0) is 43.4 Å². The average molecular weight is 375 g/mol. The normalized spacial score (nSPS) is 22.6. The number of ether oxygens (including phenoxy) is 1. The van der Waals surface area contributed by atoms with Crippen LogP contribution >= 0.6 is 0 Å². The molecule has 142 valence electrons. The van der Waals surface area contributed by atoms with E-state index in [9.17, 15) is 15.0 Å². The van der Waals surface area contributed by atoms with Crippen molar-refractivity contribution in [2.45, 2.75) is 43.7 Å². The van der Waals surface area contributed by atoms with Crippen LogP contribution in [-0.2, 0) is 9.59 Å². The van der Waals surface area contributed by atoms with E-state index in [4.69, 9.17) is 4.74 Å². The Morgan fingerprint density at radius 3 is 2.54 bits per heavy atom. The van der Waals surface area contributed by atoms with Crippen LogP contribution in [0.4, 0.5) is 0 Å². The number of nitrogens with one attached hydrogen (secondary N) is 1. The molecule has 2 fully saturated rings. The van der Waals surface area contributed by atoms with Crippen molar-refractivity contribution in [2.75, 3.05) is 0 Å². The van der Waals surface area contributed by atoms with Gasteiger partial charge in [-0.25, -0.2) is 0 Å². The van der Waals surface area contributed by atoms with E-state index in [-0.39, 0.29) is 11.7 Å². The molecule has 2 amide bonds. The molecule has 2 heterocycles. The van der Waals surface area contributed by atoms with E-state index in [1.807, 2.05) is 48.3 Å². The first-order valence-corrected chi connectivity index (χ1v) is 9.52. The van der Waals surface area contributed by atoms with Crippen LogP contribution in [0.25, 0.3) is 5.41 Å². The third kappa shape index (κ3) is 3.47. The first kappa shape index (κ1) is 18.1. The van der Waals surface area contributed by atoms with E-state index >= 15 is 0 Å². The Balaban J connectivity index is 1.75. The maximum Gasteiger partial charge on any atom is 0.296 e. The second-order valence-corrected chi connectivity index (χ2v) is 7.19. The van der Waals surface area contributed by atoms with Crippen LogP contribution in [0.5, 0.6) is 5.75 Å². The molecule has 1 aromatic carbocycles. The number of imide groups is 1. The minimum absolute atomic E-state index is 0.0268. The van der Waals surface area contributed by atoms with Gasteiger partial charge in [-0.2, -0.15) is 4.57 Å². The number of carbonyl (C=O) groups is 2. The molecule has 1 aliphatic heterocycles. The van der Waals surface area contributed by atoms with Crippen LogP contribution < -0.4 is 14.6 Å². The summed E-state index contributed by atoms with van der Waals surface area (Å²) in [6.45, 7) is 0. The summed E-state index contributed by atoms with van der Waals surface area (Å²) in [4.78, 5) is 25.0. The molecular weight excluding hydrogens is 354 g/mol. The molecule has 1 saturated carbocycles. The maximum absolute atomic E-state index is 12.7. The summed E-state index contributed by atoms with van der Waals surface area (Å²) < 4.78 is 7.82. The van der Waals surface area contributed by atoms with Crippen molar-refractivity contribution in [2.24, 2.45) is 0 Å². The van der Waals surface area contributed by atoms with Crippen molar-refractivity contribution in [1.82, 2.24) is 5.32 Å². The van der Waals surface area contributed by atoms with Crippen molar-refractivity contribution >= 4 is 17.7 Å². The van der Waals surface area contributed by atoms with Gasteiger partial charge in [0.1, 0.15) is 5.75 Å². The first-order valence-electron chi connectivity index (χ1n) is 9.52. The van der Waals surface area contributed by atoms with E-state index in [0.29, 0.717) is 5.75 Å². The van der Waals surface area contributed by atoms with E-state index in [1.165, 1.54) is 12.8 Å². The summed E-state index contributed by atoms with van der Waals surface area (Å²) in [5.74, 6) is 0.988. The summed E-state index contributed by atoms with van der Waals surface area (Å²) in [5.41, 5.74) is 0.746. The monoisotopic (exact) mass is 375 g/mol. The van der Waals surface area contributed by atoms with Crippen LogP contribution in [0.1, 0.15) is 43.2 Å². The van der Waals surface area contributed by atoms with Crippen LogP contribution in [-0.4, -0.2) is 23.8 Å². The Kier molecular flexibility index (Phi) is 5.04. The topological polar surface area (TPSA) is 81.6 Å². The molecule has 28 heavy (non-hydrogen) atoms. The van der Waals surface area contributed by atoms with Gasteiger partial charge in [0.05, 0.1) is 17.6 Å². The van der Waals surface area contributed by atoms with Crippen LogP contribution in [0.3, 0.4) is 0 Å². The number of hydrogen-bond acceptors (Lipinski definition) is 3. The van der Waals surface area contributed by atoms with E-state index in [2.05, 4.69) is 5.32 Å². The molecule has 0 unspecified atom stereocenters. The molecule has 1 aliphatic carbocycles. The first-order chi connectivity index (χ1) is 13.7. The summed E-state index contributed by atoms with van der Waals surface area (Å²) in [7, 11) is 0. The highest BCUT2D eigenvalue weighted by Crippen LogP contribution is 2.36. The van der Waals surface area contributed by atoms with Crippen molar-refractivity contribution in [3.63, 3.8) is 0 Å². The van der Waals surface area contributed by atoms with Crippen LogP contribution in [0.15, 0.2) is 60.4 Å². The molecule has 2 aromatic rings. The van der Waals surface area contributed by atoms with Gasteiger partial charge in [0.2, 0.25) is 6.04 Å². The predicted molar refractivity (Wildman–Crippen MR) is 103 cm³/mol. The van der Waals surface area contributed by atoms with Gasteiger partial charge in [-0.3, -0.25) is 20.8 Å². The van der Waals surface area contributed by atoms with Crippen molar-refractivity contribution < 1.29 is 18.9 Å². The largest absolute Gasteiger partial charge is 0.763 e. The molecule has 1 aromatic heterocycles. The van der Waals surface area contributed by atoms with Gasteiger partial charge in [0.15, 0.2) is 12.4 Å². The number of benzene rings is 1. The fourth-order valence-corrected chi connectivity index (χ4v) is 4.06. The summed E-state index contributed by atoms with van der Waals surface area (Å²) in [6.07, 6.45) is 8.13. The summed E-state index contributed by atoms with van der Waals surface area (Å²) >= 11 is 0. The van der Waals surface area contributed by atoms with E-state index in [0.717, 1.165) is 18.4 Å². The van der Waals surface area contributed by atoms with E-state index in [1.54, 1.807) is 17.0 Å². The van der Waals surface area contributed by atoms with Gasteiger partial charge in [0.25, 0.3) is 11.8 Å². The highest BCUT2D eigenvalue weighted by molar-refractivity contribution is 6.14. The Labute approximate surface area is 163 Å². The second-order valence-electron chi connectivity index (χ2n) is 7.19. The molecular formula is C22H21N3O3. The second kappa shape index (κ2) is 7.79. The molecule has 0 radical (unpaired) electrons. The predicted octanol–water partition coefficient (Wildman–Crippen LogP) is 2.44. The molecule has 0 spiro atoms. The van der Waals surface area contributed by atoms with Crippen molar-refractivity contribution in [1.29, 1.82) is 0 Å². The van der Waals surface area contributed by atoms with E-state index < -0.39 is 23.8 Å². The highest BCUT2D eigenvalue weighted by atomic mass is 16.5. The van der Waals surface area contributed by atoms with Gasteiger partial charge in [0, 0.05) is 12.1 Å². The number of piperidine rings is 1. The zero-order chi connectivity index (χ0) is 19.5. The number of rotatable bonds is 4. The lowest BCUT2D eigenvalue weighted by atomic mass is 9.81. The number of hydrogen-bond donors (Lipinski definition) is 1. The standard InChI is InChI=1S/C22H21N3O3/c23-14-18-19(15-7-6-10-17(13-15)28-16-8-2-3-9-16)20(22(27)24-21(18)26)25-11-4-1-5-12-25/h1,4-7,10-13,16,19-20H,2-3,8-9H2,(H,24,26,27)/t19-,20+/m0/s1. The Bertz CT molecular complexity index is 945. The van der Waals surface area contributed by atoms with Crippen molar-refractivity contribution in [3.8, 4) is 5.75 Å². The number of carbonyl (C=O) groups excluding carboxylic acids is 2. The highest BCUT2D eigenvalue weighted by Gasteiger charge is 2.46. The fraction of sp³-hybridized carbons (Fsp3) is 0.318. The summed E-state index contributed by atoms with van der Waals surface area (Å²) in [6, 6.07) is 12.2. The maximum atomic E-state index is 12.7. The molecule has 0 bridgehead atoms. The number of amides is 2. The van der Waals surface area contributed by atoms with Crippen LogP contribution in [0, 0.1) is 0 Å². The molecule has 6 heteroatoms. The van der Waals surface area contributed by atoms with Gasteiger partial charge < -0.3 is 10.1 Å². The molecule has 4 rings (SSSR count). The Morgan fingerprint density at radius 2 is 1.82 bits per heavy atom. The van der Waals surface area contributed by atoms with Gasteiger partial charge in [-0.1, -0.05) is 18.2 Å². The smallest absolute Gasteiger partial charge is 0.296 e. The Hall–Kier alpha value is -3.24. The van der Waals surface area contributed by atoms with Gasteiger partial charge >= 0.3 is 0 Å². The van der Waals surface area contributed by atoms with Gasteiger partial charge in [-0.15, -0.1) is 0 Å². The molecule has 1 saturated heterocycles. The third-order valence-corrected chi connectivity index (χ3v) is 5.38. The summed E-state index contributed by atoms with van der Waals surface area (Å²) in [5, 5.41) is 12.0. The van der Waals surface area contributed by atoms with Crippen LogP contribution in [0.2, 0.25) is 0 Å². The number of nitrogens with zero attached hydrogens (tertiary/aromatic N) is 2. The quantitative estimate of drug-likeness (QED) is 0.386. The number of aromatic nitrogens is 1. The lowest BCUT2D eigenvalue weighted by Gasteiger charge is -2.29. The fourth-order valence-electron chi connectivity index (χ4n) is 4.06. The molecule has 1 N–H and O–H groups in total. The zero-order valence-electron chi connectivity index (χ0n) is 15.4. The molecule has 6 nitrogen and oxygen atoms in total.